The molecule has 1 N–H and O–H groups in total. The van der Waals surface area contributed by atoms with Crippen LogP contribution < -0.4 is 4.90 Å². The molecule has 0 saturated carbocycles. The number of hydrogen-bond donors (Lipinski definition) is 1. The van der Waals surface area contributed by atoms with E-state index in [4.69, 9.17) is 5.11 Å². The lowest BCUT2D eigenvalue weighted by molar-refractivity contribution is -0.383. The summed E-state index contributed by atoms with van der Waals surface area (Å²) in [5.41, 5.74) is 0.920. The molecule has 1 fully saturated rings. The maximum absolute atomic E-state index is 11.1. The molecule has 1 saturated heterocycles. The summed E-state index contributed by atoms with van der Waals surface area (Å²) in [4.78, 5) is 27.4. The fourth-order valence-electron chi connectivity index (χ4n) is 2.74. The number of carboxylic acid groups (broad SMARTS) is 1. The number of benzene rings is 1. The average Bonchev–Trinajstić information content (AvgIpc) is 2.41. The van der Waals surface area contributed by atoms with Gasteiger partial charge in [0.25, 0.3) is 5.69 Å². The van der Waals surface area contributed by atoms with Gasteiger partial charge in [-0.15, -0.1) is 0 Å². The summed E-state index contributed by atoms with van der Waals surface area (Å²) in [6, 6.07) is 4.83. The summed E-state index contributed by atoms with van der Waals surface area (Å²) in [5, 5.41) is 21.1. The van der Waals surface area contributed by atoms with E-state index in [-0.39, 0.29) is 18.0 Å². The van der Waals surface area contributed by atoms with Crippen LogP contribution in [0.4, 0.5) is 11.4 Å². The first kappa shape index (κ1) is 13.3. The van der Waals surface area contributed by atoms with Crippen LogP contribution >= 0.6 is 0 Å². The highest BCUT2D eigenvalue weighted by molar-refractivity contribution is 5.99. The van der Waals surface area contributed by atoms with Gasteiger partial charge in [-0.05, 0) is 12.1 Å². The summed E-state index contributed by atoms with van der Waals surface area (Å²) in [5.74, 6) is -0.667. The second-order valence-electron chi connectivity index (χ2n) is 5.15. The molecule has 1 aromatic heterocycles. The highest BCUT2D eigenvalue weighted by Crippen LogP contribution is 2.36. The van der Waals surface area contributed by atoms with Crippen LogP contribution in [0.5, 0.6) is 0 Å². The fraction of sp³-hybridized carbons (Fsp3) is 0.286. The molecule has 2 aromatic rings. The molecule has 0 spiro atoms. The van der Waals surface area contributed by atoms with Gasteiger partial charge in [-0.3, -0.25) is 19.9 Å². The number of aromatic nitrogens is 1. The van der Waals surface area contributed by atoms with Gasteiger partial charge in [0, 0.05) is 48.5 Å². The van der Waals surface area contributed by atoms with Crippen LogP contribution in [0.25, 0.3) is 10.8 Å². The third-order valence-corrected chi connectivity index (χ3v) is 3.73. The van der Waals surface area contributed by atoms with Crippen molar-refractivity contribution in [1.82, 2.24) is 4.98 Å². The SMILES string of the molecule is O=C(O)CC1CN(c2ccc([N+](=O)[O-])c3ccncc23)C1. The van der Waals surface area contributed by atoms with Crippen LogP contribution in [-0.4, -0.2) is 34.1 Å². The number of carboxylic acids is 1. The Bertz CT molecular complexity index is 725. The van der Waals surface area contributed by atoms with E-state index >= 15 is 0 Å². The number of aliphatic carboxylic acids is 1. The monoisotopic (exact) mass is 287 g/mol. The number of fused-ring (bicyclic) bond motifs is 1. The van der Waals surface area contributed by atoms with Crippen LogP contribution in [-0.2, 0) is 4.79 Å². The molecule has 2 heterocycles. The van der Waals surface area contributed by atoms with Gasteiger partial charge in [-0.1, -0.05) is 0 Å². The van der Waals surface area contributed by atoms with Crippen LogP contribution in [0.2, 0.25) is 0 Å². The van der Waals surface area contributed by atoms with Crippen LogP contribution in [0.1, 0.15) is 6.42 Å². The number of pyridine rings is 1. The van der Waals surface area contributed by atoms with Crippen molar-refractivity contribution < 1.29 is 14.8 Å². The van der Waals surface area contributed by atoms with Crippen molar-refractivity contribution >= 4 is 28.1 Å². The molecule has 108 valence electrons. The Morgan fingerprint density at radius 3 is 2.81 bits per heavy atom. The smallest absolute Gasteiger partial charge is 0.303 e. The largest absolute Gasteiger partial charge is 0.481 e. The normalized spacial score (nSPS) is 15.0. The van der Waals surface area contributed by atoms with Crippen molar-refractivity contribution in [1.29, 1.82) is 0 Å². The first-order chi connectivity index (χ1) is 10.1. The molecule has 1 aliphatic heterocycles. The van der Waals surface area contributed by atoms with E-state index in [1.165, 1.54) is 12.3 Å². The van der Waals surface area contributed by atoms with Crippen molar-refractivity contribution in [3.63, 3.8) is 0 Å². The predicted molar refractivity (Wildman–Crippen MR) is 76.4 cm³/mol. The minimum atomic E-state index is -0.796. The number of hydrogen-bond acceptors (Lipinski definition) is 5. The van der Waals surface area contributed by atoms with E-state index in [1.807, 2.05) is 4.90 Å². The molecule has 1 aliphatic rings. The van der Waals surface area contributed by atoms with Gasteiger partial charge in [0.15, 0.2) is 0 Å². The van der Waals surface area contributed by atoms with Gasteiger partial charge >= 0.3 is 5.97 Å². The highest BCUT2D eigenvalue weighted by Gasteiger charge is 2.30. The molecule has 0 unspecified atom stereocenters. The molecule has 1 aromatic carbocycles. The van der Waals surface area contributed by atoms with Crippen LogP contribution in [0.3, 0.4) is 0 Å². The summed E-state index contributed by atoms with van der Waals surface area (Å²) in [6.45, 7) is 1.29. The van der Waals surface area contributed by atoms with Gasteiger partial charge in [0.2, 0.25) is 0 Å². The summed E-state index contributed by atoms with van der Waals surface area (Å²) >= 11 is 0. The first-order valence-electron chi connectivity index (χ1n) is 6.54. The molecule has 0 amide bonds. The highest BCUT2D eigenvalue weighted by atomic mass is 16.6. The van der Waals surface area contributed by atoms with Crippen LogP contribution in [0.15, 0.2) is 30.6 Å². The molecule has 0 radical (unpaired) electrons. The van der Waals surface area contributed by atoms with Crippen LogP contribution in [0, 0.1) is 16.0 Å². The number of nitrogens with zero attached hydrogens (tertiary/aromatic N) is 3. The zero-order chi connectivity index (χ0) is 15.0. The van der Waals surface area contributed by atoms with Gasteiger partial charge in [-0.25, -0.2) is 0 Å². The van der Waals surface area contributed by atoms with Gasteiger partial charge in [0.1, 0.15) is 0 Å². The third-order valence-electron chi connectivity index (χ3n) is 3.73. The van der Waals surface area contributed by atoms with Crippen molar-refractivity contribution in [3.05, 3.63) is 40.7 Å². The molecule has 7 nitrogen and oxygen atoms in total. The average molecular weight is 287 g/mol. The molecule has 3 rings (SSSR count). The van der Waals surface area contributed by atoms with E-state index in [0.717, 1.165) is 11.1 Å². The Balaban J connectivity index is 1.93. The summed E-state index contributed by atoms with van der Waals surface area (Å²) in [6.07, 6.45) is 3.30. The molecule has 7 heteroatoms. The number of carbonyl (C=O) groups is 1. The Morgan fingerprint density at radius 2 is 2.14 bits per heavy atom. The second kappa shape index (κ2) is 5.01. The Morgan fingerprint density at radius 1 is 1.38 bits per heavy atom. The quantitative estimate of drug-likeness (QED) is 0.683. The molecule has 21 heavy (non-hydrogen) atoms. The van der Waals surface area contributed by atoms with Crippen molar-refractivity contribution in [2.45, 2.75) is 6.42 Å². The lowest BCUT2D eigenvalue weighted by atomic mass is 9.94. The Kier molecular flexibility index (Phi) is 3.17. The van der Waals surface area contributed by atoms with E-state index in [1.54, 1.807) is 18.3 Å². The number of anilines is 1. The topological polar surface area (TPSA) is 96.6 Å². The van der Waals surface area contributed by atoms with Crippen molar-refractivity contribution in [2.24, 2.45) is 5.92 Å². The van der Waals surface area contributed by atoms with E-state index in [0.29, 0.717) is 18.5 Å². The van der Waals surface area contributed by atoms with E-state index in [2.05, 4.69) is 4.98 Å². The lowest BCUT2D eigenvalue weighted by Crippen LogP contribution is -2.47. The molecular formula is C14H13N3O4. The summed E-state index contributed by atoms with van der Waals surface area (Å²) < 4.78 is 0. The Hall–Kier alpha value is -2.70. The standard InChI is InChI=1S/C14H13N3O4/c18-14(19)5-9-7-16(8-9)12-1-2-13(17(20)21)10-3-4-15-6-11(10)12/h1-4,6,9H,5,7-8H2,(H,18,19). The number of non-ortho nitro benzene ring substituents is 1. The molecular weight excluding hydrogens is 274 g/mol. The first-order valence-corrected chi connectivity index (χ1v) is 6.54. The molecule has 0 aliphatic carbocycles. The number of nitro benzene ring substituents is 1. The van der Waals surface area contributed by atoms with Gasteiger partial charge < -0.3 is 10.0 Å². The van der Waals surface area contributed by atoms with Crippen molar-refractivity contribution in [2.75, 3.05) is 18.0 Å². The van der Waals surface area contributed by atoms with Gasteiger partial charge in [-0.2, -0.15) is 0 Å². The number of rotatable bonds is 4. The third kappa shape index (κ3) is 2.37. The summed E-state index contributed by atoms with van der Waals surface area (Å²) in [7, 11) is 0. The second-order valence-corrected chi connectivity index (χ2v) is 5.15. The van der Waals surface area contributed by atoms with E-state index in [9.17, 15) is 14.9 Å². The molecule has 0 bridgehead atoms. The zero-order valence-electron chi connectivity index (χ0n) is 11.1. The van der Waals surface area contributed by atoms with Crippen molar-refractivity contribution in [3.8, 4) is 0 Å². The zero-order valence-corrected chi connectivity index (χ0v) is 11.1. The molecule has 0 atom stereocenters. The number of nitro groups is 1. The maximum Gasteiger partial charge on any atom is 0.303 e. The lowest BCUT2D eigenvalue weighted by Gasteiger charge is -2.40. The minimum Gasteiger partial charge on any atom is -0.481 e. The predicted octanol–water partition coefficient (Wildman–Crippen LogP) is 2.05. The van der Waals surface area contributed by atoms with Gasteiger partial charge in [0.05, 0.1) is 16.7 Å². The minimum absolute atomic E-state index is 0.0544. The van der Waals surface area contributed by atoms with E-state index < -0.39 is 10.9 Å². The maximum atomic E-state index is 11.1. The fourth-order valence-corrected chi connectivity index (χ4v) is 2.74. The Labute approximate surface area is 120 Å².